The number of rotatable bonds is 3. The van der Waals surface area contributed by atoms with E-state index >= 15 is 0 Å². The molecule has 2 heterocycles. The molecule has 3 rings (SSSR count). The fourth-order valence-electron chi connectivity index (χ4n) is 2.30. The third-order valence-electron chi connectivity index (χ3n) is 3.19. The summed E-state index contributed by atoms with van der Waals surface area (Å²) < 4.78 is 22.8. The van der Waals surface area contributed by atoms with E-state index in [9.17, 15) is 8.42 Å². The number of fused-ring (bicyclic) bond motifs is 1. The number of aromatic nitrogens is 2. The lowest BCUT2D eigenvalue weighted by atomic mass is 10.1. The maximum Gasteiger partial charge on any atom is 0.151 e. The zero-order valence-corrected chi connectivity index (χ0v) is 13.3. The van der Waals surface area contributed by atoms with Gasteiger partial charge in [-0.1, -0.05) is 6.07 Å². The molecule has 0 aliphatic rings. The number of pyridine rings is 1. The molecule has 0 fully saturated rings. The van der Waals surface area contributed by atoms with Gasteiger partial charge in [0.15, 0.2) is 9.84 Å². The summed E-state index contributed by atoms with van der Waals surface area (Å²) in [5.41, 5.74) is 5.43. The van der Waals surface area contributed by atoms with Crippen LogP contribution in [0.15, 0.2) is 36.0 Å². The molecule has 108 valence electrons. The molecule has 0 atom stereocenters. The molecule has 2 aromatic heterocycles. The van der Waals surface area contributed by atoms with Gasteiger partial charge in [-0.05, 0) is 36.2 Å². The quantitative estimate of drug-likeness (QED) is 0.744. The molecule has 4 nitrogen and oxygen atoms in total. The molecule has 0 radical (unpaired) electrons. The number of hydrogen-bond acceptors (Lipinski definition) is 5. The van der Waals surface area contributed by atoms with Gasteiger partial charge < -0.3 is 0 Å². The molecule has 0 amide bonds. The topological polar surface area (TPSA) is 59.9 Å². The molecular weight excluding hydrogens is 304 g/mol. The van der Waals surface area contributed by atoms with Crippen molar-refractivity contribution in [3.63, 3.8) is 0 Å². The fraction of sp³-hybridized carbons (Fsp3) is 0.200. The van der Waals surface area contributed by atoms with Gasteiger partial charge in [-0.25, -0.2) is 13.4 Å². The van der Waals surface area contributed by atoms with Crippen molar-refractivity contribution in [1.82, 2.24) is 9.97 Å². The predicted octanol–water partition coefficient (Wildman–Crippen LogP) is 3.21. The second-order valence-corrected chi connectivity index (χ2v) is 8.14. The standard InChI is InChI=1S/C15H14N2O2S2/c1-10-5-14(15-7-16-9-20-15)17-13-4-3-11(6-12(10)13)8-21(2,18)19/h3-7,9H,8H2,1-2H3. The number of nitrogens with zero attached hydrogens (tertiary/aromatic N) is 2. The minimum Gasteiger partial charge on any atom is -0.252 e. The van der Waals surface area contributed by atoms with Crippen LogP contribution in [-0.4, -0.2) is 24.6 Å². The first-order valence-corrected chi connectivity index (χ1v) is 9.33. The van der Waals surface area contributed by atoms with Crippen LogP contribution in [0.3, 0.4) is 0 Å². The highest BCUT2D eigenvalue weighted by Crippen LogP contribution is 2.27. The second-order valence-electron chi connectivity index (χ2n) is 5.11. The Hall–Kier alpha value is -1.79. The Morgan fingerprint density at radius 3 is 2.71 bits per heavy atom. The van der Waals surface area contributed by atoms with Gasteiger partial charge >= 0.3 is 0 Å². The number of thiazole rings is 1. The summed E-state index contributed by atoms with van der Waals surface area (Å²) in [5, 5.41) is 0.990. The van der Waals surface area contributed by atoms with Gasteiger partial charge in [-0.15, -0.1) is 11.3 Å². The first kappa shape index (κ1) is 14.2. The monoisotopic (exact) mass is 318 g/mol. The summed E-state index contributed by atoms with van der Waals surface area (Å²) in [6.07, 6.45) is 3.05. The predicted molar refractivity (Wildman–Crippen MR) is 86.1 cm³/mol. The van der Waals surface area contributed by atoms with Crippen molar-refractivity contribution >= 4 is 32.1 Å². The molecule has 0 aliphatic heterocycles. The van der Waals surface area contributed by atoms with Gasteiger partial charge in [0.2, 0.25) is 0 Å². The van der Waals surface area contributed by atoms with Crippen molar-refractivity contribution in [2.45, 2.75) is 12.7 Å². The molecule has 3 aromatic rings. The molecule has 0 spiro atoms. The largest absolute Gasteiger partial charge is 0.252 e. The Morgan fingerprint density at radius 2 is 2.05 bits per heavy atom. The molecule has 21 heavy (non-hydrogen) atoms. The number of hydrogen-bond donors (Lipinski definition) is 0. The number of benzene rings is 1. The minimum absolute atomic E-state index is 0.0545. The Labute approximate surface area is 127 Å². The lowest BCUT2D eigenvalue weighted by Crippen LogP contribution is -2.00. The Bertz CT molecular complexity index is 901. The van der Waals surface area contributed by atoms with Crippen LogP contribution in [0.5, 0.6) is 0 Å². The lowest BCUT2D eigenvalue weighted by Gasteiger charge is -2.07. The number of aryl methyl sites for hydroxylation is 1. The minimum atomic E-state index is -3.03. The molecule has 0 saturated carbocycles. The van der Waals surface area contributed by atoms with E-state index in [4.69, 9.17) is 0 Å². The van der Waals surface area contributed by atoms with E-state index in [0.717, 1.165) is 32.6 Å². The van der Waals surface area contributed by atoms with Gasteiger partial charge in [-0.3, -0.25) is 4.98 Å². The summed E-state index contributed by atoms with van der Waals surface area (Å²) in [6.45, 7) is 2.01. The van der Waals surface area contributed by atoms with Crippen LogP contribution in [-0.2, 0) is 15.6 Å². The molecule has 0 aliphatic carbocycles. The van der Waals surface area contributed by atoms with E-state index in [0.29, 0.717) is 0 Å². The van der Waals surface area contributed by atoms with E-state index in [1.54, 1.807) is 23.0 Å². The van der Waals surface area contributed by atoms with Crippen molar-refractivity contribution in [2.24, 2.45) is 0 Å². The van der Waals surface area contributed by atoms with Gasteiger partial charge in [0.1, 0.15) is 0 Å². The zero-order chi connectivity index (χ0) is 15.0. The van der Waals surface area contributed by atoms with Crippen LogP contribution in [0.1, 0.15) is 11.1 Å². The number of sulfone groups is 1. The Kier molecular flexibility index (Phi) is 3.51. The van der Waals surface area contributed by atoms with Crippen LogP contribution in [0.4, 0.5) is 0 Å². The molecule has 6 heteroatoms. The van der Waals surface area contributed by atoms with Crippen molar-refractivity contribution < 1.29 is 8.42 Å². The highest BCUT2D eigenvalue weighted by molar-refractivity contribution is 7.89. The zero-order valence-electron chi connectivity index (χ0n) is 11.7. The third-order valence-corrected chi connectivity index (χ3v) is 4.85. The normalized spacial score (nSPS) is 11.9. The van der Waals surface area contributed by atoms with Crippen LogP contribution in [0, 0.1) is 6.92 Å². The van der Waals surface area contributed by atoms with E-state index < -0.39 is 9.84 Å². The van der Waals surface area contributed by atoms with E-state index in [1.165, 1.54) is 6.26 Å². The lowest BCUT2D eigenvalue weighted by molar-refractivity contribution is 0.601. The van der Waals surface area contributed by atoms with Gasteiger partial charge in [0, 0.05) is 17.8 Å². The summed E-state index contributed by atoms with van der Waals surface area (Å²) in [6, 6.07) is 7.63. The van der Waals surface area contributed by atoms with Gasteiger partial charge in [-0.2, -0.15) is 0 Å². The SMILES string of the molecule is Cc1cc(-c2cncs2)nc2ccc(CS(C)(=O)=O)cc12. The molecule has 0 saturated heterocycles. The highest BCUT2D eigenvalue weighted by Gasteiger charge is 2.09. The smallest absolute Gasteiger partial charge is 0.151 e. The molecular formula is C15H14N2O2S2. The maximum absolute atomic E-state index is 11.4. The van der Waals surface area contributed by atoms with Crippen molar-refractivity contribution in [3.8, 4) is 10.6 Å². The molecule has 0 unspecified atom stereocenters. The summed E-state index contributed by atoms with van der Waals surface area (Å²) in [4.78, 5) is 9.74. The highest BCUT2D eigenvalue weighted by atomic mass is 32.2. The fourth-order valence-corrected chi connectivity index (χ4v) is 3.67. The molecule has 0 N–H and O–H groups in total. The average Bonchev–Trinajstić information content (AvgIpc) is 2.91. The summed E-state index contributed by atoms with van der Waals surface area (Å²) in [7, 11) is -3.03. The van der Waals surface area contributed by atoms with Gasteiger partial charge in [0.25, 0.3) is 0 Å². The van der Waals surface area contributed by atoms with Crippen molar-refractivity contribution in [1.29, 1.82) is 0 Å². The van der Waals surface area contributed by atoms with Crippen molar-refractivity contribution in [3.05, 3.63) is 47.1 Å². The third kappa shape index (κ3) is 3.11. The maximum atomic E-state index is 11.4. The Morgan fingerprint density at radius 1 is 1.24 bits per heavy atom. The van der Waals surface area contributed by atoms with E-state index in [1.807, 2.05) is 31.2 Å². The van der Waals surface area contributed by atoms with Gasteiger partial charge in [0.05, 0.1) is 27.4 Å². The first-order chi connectivity index (χ1) is 9.92. The summed E-state index contributed by atoms with van der Waals surface area (Å²) in [5.74, 6) is 0.0545. The molecule has 0 bridgehead atoms. The first-order valence-electron chi connectivity index (χ1n) is 6.39. The second kappa shape index (κ2) is 5.20. The van der Waals surface area contributed by atoms with E-state index in [2.05, 4.69) is 9.97 Å². The van der Waals surface area contributed by atoms with Crippen LogP contribution in [0.2, 0.25) is 0 Å². The van der Waals surface area contributed by atoms with Crippen LogP contribution >= 0.6 is 11.3 Å². The molecule has 1 aromatic carbocycles. The van der Waals surface area contributed by atoms with Crippen LogP contribution in [0.25, 0.3) is 21.5 Å². The average molecular weight is 318 g/mol. The Balaban J connectivity index is 2.12. The summed E-state index contributed by atoms with van der Waals surface area (Å²) >= 11 is 1.55. The van der Waals surface area contributed by atoms with Crippen molar-refractivity contribution in [2.75, 3.05) is 6.26 Å². The van der Waals surface area contributed by atoms with E-state index in [-0.39, 0.29) is 5.75 Å². The van der Waals surface area contributed by atoms with Crippen LogP contribution < -0.4 is 0 Å².